The van der Waals surface area contributed by atoms with Crippen LogP contribution in [-0.2, 0) is 16.6 Å². The Bertz CT molecular complexity index is 1080. The summed E-state index contributed by atoms with van der Waals surface area (Å²) in [7, 11) is 0. The molecule has 0 saturated heterocycles. The summed E-state index contributed by atoms with van der Waals surface area (Å²) in [6.07, 6.45) is 4.91. The molecule has 1 aromatic carbocycles. The van der Waals surface area contributed by atoms with E-state index in [4.69, 9.17) is 0 Å². The average Bonchev–Trinajstić information content (AvgIpc) is 3.08. The highest BCUT2D eigenvalue weighted by molar-refractivity contribution is 5.99. The van der Waals surface area contributed by atoms with E-state index >= 15 is 0 Å². The lowest BCUT2D eigenvalue weighted by Crippen LogP contribution is -2.42. The molecule has 1 aliphatic heterocycles. The molecular formula is C22H20FN5O. The maximum Gasteiger partial charge on any atom is 0.228 e. The van der Waals surface area contributed by atoms with E-state index in [9.17, 15) is 9.18 Å². The van der Waals surface area contributed by atoms with Crippen molar-refractivity contribution in [2.45, 2.75) is 31.1 Å². The number of nitrogens with zero attached hydrogens (tertiary/aromatic N) is 3. The maximum atomic E-state index is 14.2. The van der Waals surface area contributed by atoms with Crippen molar-refractivity contribution in [1.82, 2.24) is 15.2 Å². The predicted molar refractivity (Wildman–Crippen MR) is 108 cm³/mol. The fourth-order valence-corrected chi connectivity index (χ4v) is 4.11. The van der Waals surface area contributed by atoms with Crippen LogP contribution in [0.2, 0.25) is 0 Å². The minimum atomic E-state index is -0.286. The Morgan fingerprint density at radius 2 is 2.03 bits per heavy atom. The van der Waals surface area contributed by atoms with Gasteiger partial charge in [0.15, 0.2) is 0 Å². The van der Waals surface area contributed by atoms with Gasteiger partial charge in [0.1, 0.15) is 11.6 Å². The number of pyridine rings is 1. The van der Waals surface area contributed by atoms with E-state index in [1.807, 2.05) is 30.3 Å². The molecule has 0 bridgehead atoms. The topological polar surface area (TPSA) is 79.8 Å². The van der Waals surface area contributed by atoms with Crippen LogP contribution in [0.4, 0.5) is 15.9 Å². The Labute approximate surface area is 167 Å². The number of carbonyl (C=O) groups excluding carboxylic acids is 1. The fourth-order valence-electron chi connectivity index (χ4n) is 4.11. The molecule has 29 heavy (non-hydrogen) atoms. The van der Waals surface area contributed by atoms with Crippen LogP contribution >= 0.6 is 0 Å². The summed E-state index contributed by atoms with van der Waals surface area (Å²) in [6.45, 7) is 0.571. The molecule has 1 amide bonds. The number of amides is 1. The van der Waals surface area contributed by atoms with E-state index in [2.05, 4.69) is 25.8 Å². The van der Waals surface area contributed by atoms with Crippen molar-refractivity contribution in [3.8, 4) is 11.3 Å². The highest BCUT2D eigenvalue weighted by atomic mass is 19.1. The summed E-state index contributed by atoms with van der Waals surface area (Å²) in [6, 6.07) is 12.7. The molecule has 6 nitrogen and oxygen atoms in total. The Morgan fingerprint density at radius 1 is 1.14 bits per heavy atom. The summed E-state index contributed by atoms with van der Waals surface area (Å²) >= 11 is 0. The molecular weight excluding hydrogens is 369 g/mol. The molecule has 0 unspecified atom stereocenters. The van der Waals surface area contributed by atoms with Gasteiger partial charge in [0.2, 0.25) is 5.91 Å². The largest absolute Gasteiger partial charge is 0.368 e. The van der Waals surface area contributed by atoms with Gasteiger partial charge in [0.05, 0.1) is 17.8 Å². The summed E-state index contributed by atoms with van der Waals surface area (Å²) in [5, 5.41) is 14.7. The number of aromatic nitrogens is 3. The second kappa shape index (κ2) is 6.92. The molecule has 0 radical (unpaired) electrons. The van der Waals surface area contributed by atoms with E-state index < -0.39 is 0 Å². The average molecular weight is 389 g/mol. The van der Waals surface area contributed by atoms with Crippen LogP contribution in [0, 0.1) is 5.82 Å². The van der Waals surface area contributed by atoms with Gasteiger partial charge in [-0.15, -0.1) is 10.2 Å². The van der Waals surface area contributed by atoms with E-state index in [-0.39, 0.29) is 17.1 Å². The number of anilines is 2. The van der Waals surface area contributed by atoms with Gasteiger partial charge in [-0.2, -0.15) is 0 Å². The molecule has 0 atom stereocenters. The molecule has 2 aliphatic rings. The van der Waals surface area contributed by atoms with Crippen LogP contribution in [0.25, 0.3) is 11.3 Å². The standard InChI is InChI=1S/C22H20FN5O/c23-16-3-1-10-24-21(16)22(8-2-9-22)13-25-19-7-6-18(27-28-19)14-4-5-17-15(11-14)12-20(29)26-17/h1,3-7,10-11H,2,8-9,12-13H2,(H,25,28)(H,26,29). The Morgan fingerprint density at radius 3 is 2.76 bits per heavy atom. The van der Waals surface area contributed by atoms with E-state index in [1.165, 1.54) is 6.07 Å². The third-order valence-corrected chi connectivity index (χ3v) is 5.87. The third-order valence-electron chi connectivity index (χ3n) is 5.87. The third kappa shape index (κ3) is 3.22. The van der Waals surface area contributed by atoms with Gasteiger partial charge >= 0.3 is 0 Å². The van der Waals surface area contributed by atoms with Gasteiger partial charge in [-0.3, -0.25) is 9.78 Å². The summed E-state index contributed by atoms with van der Waals surface area (Å²) in [5.74, 6) is 0.409. The molecule has 5 rings (SSSR count). The zero-order valence-electron chi connectivity index (χ0n) is 15.8. The number of nitrogens with one attached hydrogen (secondary N) is 2. The molecule has 146 valence electrons. The van der Waals surface area contributed by atoms with Crippen LogP contribution in [0.1, 0.15) is 30.5 Å². The molecule has 1 fully saturated rings. The van der Waals surface area contributed by atoms with Crippen molar-refractivity contribution in [3.05, 3.63) is 65.7 Å². The quantitative estimate of drug-likeness (QED) is 0.695. The summed E-state index contributed by atoms with van der Waals surface area (Å²) in [4.78, 5) is 15.8. The number of hydrogen-bond donors (Lipinski definition) is 2. The highest BCUT2D eigenvalue weighted by Gasteiger charge is 2.41. The number of halogens is 1. The number of hydrogen-bond acceptors (Lipinski definition) is 5. The lowest BCUT2D eigenvalue weighted by Gasteiger charge is -2.41. The minimum absolute atomic E-state index is 0.0112. The molecule has 1 aliphatic carbocycles. The molecule has 3 aromatic rings. The van der Waals surface area contributed by atoms with Gasteiger partial charge in [-0.1, -0.05) is 12.5 Å². The monoisotopic (exact) mass is 389 g/mol. The van der Waals surface area contributed by atoms with E-state index in [0.717, 1.165) is 41.8 Å². The maximum absolute atomic E-state index is 14.2. The summed E-state index contributed by atoms with van der Waals surface area (Å²) in [5.41, 5.74) is 3.74. The fraction of sp³-hybridized carbons (Fsp3) is 0.273. The first-order valence-electron chi connectivity index (χ1n) is 9.75. The van der Waals surface area contributed by atoms with Gasteiger partial charge in [0.25, 0.3) is 0 Å². The minimum Gasteiger partial charge on any atom is -0.368 e. The van der Waals surface area contributed by atoms with Gasteiger partial charge in [-0.05, 0) is 54.8 Å². The Hall–Kier alpha value is -3.35. The number of rotatable bonds is 5. The van der Waals surface area contributed by atoms with Crippen molar-refractivity contribution in [3.63, 3.8) is 0 Å². The highest BCUT2D eigenvalue weighted by Crippen LogP contribution is 2.43. The van der Waals surface area contributed by atoms with Crippen LogP contribution in [0.3, 0.4) is 0 Å². The van der Waals surface area contributed by atoms with Crippen molar-refractivity contribution in [2.75, 3.05) is 17.2 Å². The van der Waals surface area contributed by atoms with Crippen LogP contribution in [-0.4, -0.2) is 27.6 Å². The van der Waals surface area contributed by atoms with Crippen LogP contribution < -0.4 is 10.6 Å². The molecule has 1 saturated carbocycles. The SMILES string of the molecule is O=C1Cc2cc(-c3ccc(NCC4(c5ncccc5F)CCC4)nn3)ccc2N1. The number of carbonyl (C=O) groups is 1. The van der Waals surface area contributed by atoms with E-state index in [1.54, 1.807) is 12.3 Å². The smallest absolute Gasteiger partial charge is 0.228 e. The Kier molecular flexibility index (Phi) is 4.23. The van der Waals surface area contributed by atoms with Crippen molar-refractivity contribution in [2.24, 2.45) is 0 Å². The zero-order chi connectivity index (χ0) is 19.8. The number of benzene rings is 1. The molecule has 2 aromatic heterocycles. The zero-order valence-corrected chi connectivity index (χ0v) is 15.8. The van der Waals surface area contributed by atoms with E-state index in [0.29, 0.717) is 24.5 Å². The van der Waals surface area contributed by atoms with Crippen molar-refractivity contribution < 1.29 is 9.18 Å². The second-order valence-electron chi connectivity index (χ2n) is 7.72. The van der Waals surface area contributed by atoms with Crippen molar-refractivity contribution >= 4 is 17.4 Å². The molecule has 0 spiro atoms. The van der Waals surface area contributed by atoms with Gasteiger partial charge in [0, 0.05) is 29.4 Å². The van der Waals surface area contributed by atoms with Crippen LogP contribution in [0.15, 0.2) is 48.7 Å². The first-order valence-corrected chi connectivity index (χ1v) is 9.75. The van der Waals surface area contributed by atoms with Gasteiger partial charge < -0.3 is 10.6 Å². The Balaban J connectivity index is 1.31. The molecule has 3 heterocycles. The number of fused-ring (bicyclic) bond motifs is 1. The lowest BCUT2D eigenvalue weighted by molar-refractivity contribution is -0.115. The molecule has 2 N–H and O–H groups in total. The lowest BCUT2D eigenvalue weighted by atomic mass is 9.66. The first kappa shape index (κ1) is 17.7. The first-order chi connectivity index (χ1) is 14.1. The second-order valence-corrected chi connectivity index (χ2v) is 7.72. The van der Waals surface area contributed by atoms with Crippen molar-refractivity contribution in [1.29, 1.82) is 0 Å². The molecule has 7 heteroatoms. The van der Waals surface area contributed by atoms with Gasteiger partial charge in [-0.25, -0.2) is 4.39 Å². The normalized spacial score (nSPS) is 16.7. The summed E-state index contributed by atoms with van der Waals surface area (Å²) < 4.78 is 14.2. The predicted octanol–water partition coefficient (Wildman–Crippen LogP) is 3.71. The van der Waals surface area contributed by atoms with Crippen LogP contribution in [0.5, 0.6) is 0 Å².